The number of carbonyl (C=O) groups is 1. The second-order valence-corrected chi connectivity index (χ2v) is 5.85. The Morgan fingerprint density at radius 1 is 1.33 bits per heavy atom. The van der Waals surface area contributed by atoms with Crippen LogP contribution in [-0.4, -0.2) is 17.6 Å². The lowest BCUT2D eigenvalue weighted by Gasteiger charge is -2.14. The molecule has 3 rings (SSSR count). The normalized spacial score (nSPS) is 21.3. The topological polar surface area (TPSA) is 62.5 Å². The lowest BCUT2D eigenvalue weighted by atomic mass is 10.1. The fraction of sp³-hybridized carbons (Fsp3) is 0.353. The van der Waals surface area contributed by atoms with Crippen LogP contribution >= 0.6 is 0 Å². The van der Waals surface area contributed by atoms with E-state index in [1.807, 2.05) is 0 Å². The van der Waals surface area contributed by atoms with Gasteiger partial charge in [0.2, 0.25) is 5.91 Å². The molecule has 1 aliphatic carbocycles. The van der Waals surface area contributed by atoms with E-state index >= 15 is 0 Å². The van der Waals surface area contributed by atoms with E-state index in [1.165, 1.54) is 12.1 Å². The van der Waals surface area contributed by atoms with Gasteiger partial charge in [-0.2, -0.15) is 13.2 Å². The number of nitrogens with one attached hydrogen (secondary N) is 1. The van der Waals surface area contributed by atoms with Gasteiger partial charge in [0, 0.05) is 18.4 Å². The minimum absolute atomic E-state index is 0.0331. The summed E-state index contributed by atoms with van der Waals surface area (Å²) in [7, 11) is 0. The van der Waals surface area contributed by atoms with Crippen molar-refractivity contribution >= 4 is 5.91 Å². The highest BCUT2D eigenvalue weighted by Crippen LogP contribution is 2.47. The number of amides is 1. The van der Waals surface area contributed by atoms with E-state index in [0.717, 1.165) is 17.9 Å². The molecule has 2 N–H and O–H groups in total. The smallest absolute Gasteiger partial charge is 0.416 e. The zero-order valence-corrected chi connectivity index (χ0v) is 12.6. The van der Waals surface area contributed by atoms with Crippen LogP contribution < -0.4 is 5.32 Å². The summed E-state index contributed by atoms with van der Waals surface area (Å²) >= 11 is 0. The van der Waals surface area contributed by atoms with Crippen molar-refractivity contribution in [3.8, 4) is 0 Å². The Morgan fingerprint density at radius 2 is 2.12 bits per heavy atom. The largest absolute Gasteiger partial charge is 0.469 e. The highest BCUT2D eigenvalue weighted by Gasteiger charge is 2.45. The van der Waals surface area contributed by atoms with Gasteiger partial charge in [-0.1, -0.05) is 12.1 Å². The summed E-state index contributed by atoms with van der Waals surface area (Å²) in [4.78, 5) is 12.0. The molecule has 1 aromatic heterocycles. The maximum absolute atomic E-state index is 12.7. The SMILES string of the molecule is O=C(NC[C@H](O)c1cccc(C(F)(F)F)c1)[C@H]1C[C@H]1c1ccco1. The van der Waals surface area contributed by atoms with Crippen LogP contribution in [0.3, 0.4) is 0 Å². The molecule has 1 amide bonds. The molecule has 1 aromatic carbocycles. The lowest BCUT2D eigenvalue weighted by molar-refractivity contribution is -0.137. The van der Waals surface area contributed by atoms with Gasteiger partial charge in [0.05, 0.1) is 17.9 Å². The minimum Gasteiger partial charge on any atom is -0.469 e. The van der Waals surface area contributed by atoms with Gasteiger partial charge in [0.25, 0.3) is 0 Å². The van der Waals surface area contributed by atoms with Crippen LogP contribution in [0, 0.1) is 5.92 Å². The molecule has 0 radical (unpaired) electrons. The van der Waals surface area contributed by atoms with Crippen LogP contribution in [0.15, 0.2) is 47.1 Å². The van der Waals surface area contributed by atoms with Crippen LogP contribution in [-0.2, 0) is 11.0 Å². The summed E-state index contributed by atoms with van der Waals surface area (Å²) < 4.78 is 43.3. The fourth-order valence-electron chi connectivity index (χ4n) is 2.67. The van der Waals surface area contributed by atoms with Crippen molar-refractivity contribution in [2.24, 2.45) is 5.92 Å². The van der Waals surface area contributed by atoms with Crippen molar-refractivity contribution in [3.63, 3.8) is 0 Å². The fourth-order valence-corrected chi connectivity index (χ4v) is 2.67. The van der Waals surface area contributed by atoms with E-state index in [2.05, 4.69) is 5.32 Å². The second-order valence-electron chi connectivity index (χ2n) is 5.85. The number of alkyl halides is 3. The van der Waals surface area contributed by atoms with Crippen molar-refractivity contribution in [1.82, 2.24) is 5.32 Å². The molecule has 128 valence electrons. The molecule has 0 bridgehead atoms. The monoisotopic (exact) mass is 339 g/mol. The zero-order chi connectivity index (χ0) is 17.3. The van der Waals surface area contributed by atoms with Gasteiger partial charge < -0.3 is 14.8 Å². The summed E-state index contributed by atoms with van der Waals surface area (Å²) in [5, 5.41) is 12.6. The predicted octanol–water partition coefficient (Wildman–Crippen LogP) is 3.25. The minimum atomic E-state index is -4.47. The van der Waals surface area contributed by atoms with E-state index in [1.54, 1.807) is 18.4 Å². The first-order valence-electron chi connectivity index (χ1n) is 7.52. The molecule has 24 heavy (non-hydrogen) atoms. The highest BCUT2D eigenvalue weighted by atomic mass is 19.4. The summed E-state index contributed by atoms with van der Waals surface area (Å²) in [6.45, 7) is -0.137. The van der Waals surface area contributed by atoms with Crippen LogP contribution in [0.5, 0.6) is 0 Å². The van der Waals surface area contributed by atoms with Crippen molar-refractivity contribution in [1.29, 1.82) is 0 Å². The molecule has 4 nitrogen and oxygen atoms in total. The molecule has 3 atom stereocenters. The Kier molecular flexibility index (Phi) is 4.36. The average Bonchev–Trinajstić information content (AvgIpc) is 3.17. The number of furan rings is 1. The van der Waals surface area contributed by atoms with Crippen LogP contribution in [0.2, 0.25) is 0 Å². The number of benzene rings is 1. The molecule has 0 aliphatic heterocycles. The molecule has 7 heteroatoms. The van der Waals surface area contributed by atoms with Crippen LogP contribution in [0.25, 0.3) is 0 Å². The molecular weight excluding hydrogens is 323 g/mol. The van der Waals surface area contributed by atoms with Gasteiger partial charge in [-0.15, -0.1) is 0 Å². The Hall–Kier alpha value is -2.28. The molecule has 2 aromatic rings. The summed E-state index contributed by atoms with van der Waals surface area (Å²) in [6, 6.07) is 8.01. The average molecular weight is 339 g/mol. The van der Waals surface area contributed by atoms with E-state index in [9.17, 15) is 23.1 Å². The summed E-state index contributed by atoms with van der Waals surface area (Å²) in [5.74, 6) is 0.326. The number of rotatable bonds is 5. The van der Waals surface area contributed by atoms with Gasteiger partial charge in [0.15, 0.2) is 0 Å². The Labute approximate surface area is 136 Å². The molecular formula is C17H16F3NO3. The first-order chi connectivity index (χ1) is 11.4. The third kappa shape index (κ3) is 3.62. The molecule has 0 saturated heterocycles. The second kappa shape index (κ2) is 6.32. The van der Waals surface area contributed by atoms with Crippen molar-refractivity contribution in [3.05, 3.63) is 59.5 Å². The molecule has 1 heterocycles. The lowest BCUT2D eigenvalue weighted by Crippen LogP contribution is -2.30. The maximum atomic E-state index is 12.7. The number of hydrogen-bond donors (Lipinski definition) is 2. The first-order valence-corrected chi connectivity index (χ1v) is 7.52. The Balaban J connectivity index is 1.54. The number of hydrogen-bond acceptors (Lipinski definition) is 3. The van der Waals surface area contributed by atoms with Crippen LogP contribution in [0.4, 0.5) is 13.2 Å². The molecule has 1 fully saturated rings. The van der Waals surface area contributed by atoms with Gasteiger partial charge in [-0.3, -0.25) is 4.79 Å². The first kappa shape index (κ1) is 16.6. The Morgan fingerprint density at radius 3 is 2.79 bits per heavy atom. The van der Waals surface area contributed by atoms with E-state index < -0.39 is 17.8 Å². The van der Waals surface area contributed by atoms with Crippen molar-refractivity contribution < 1.29 is 27.5 Å². The van der Waals surface area contributed by atoms with Crippen LogP contribution in [0.1, 0.15) is 35.3 Å². The molecule has 0 spiro atoms. The van der Waals surface area contributed by atoms with Crippen molar-refractivity contribution in [2.75, 3.05) is 6.54 Å². The number of halogens is 3. The number of aliphatic hydroxyl groups excluding tert-OH is 1. The van der Waals surface area contributed by atoms with Gasteiger partial charge in [-0.25, -0.2) is 0 Å². The number of aliphatic hydroxyl groups is 1. The van der Waals surface area contributed by atoms with Crippen molar-refractivity contribution in [2.45, 2.75) is 24.6 Å². The van der Waals surface area contributed by atoms with Gasteiger partial charge in [0.1, 0.15) is 5.76 Å². The molecule has 0 unspecified atom stereocenters. The number of carbonyl (C=O) groups excluding carboxylic acids is 1. The standard InChI is InChI=1S/C17H16F3NO3/c18-17(19,20)11-4-1-3-10(7-11)14(22)9-21-16(23)13-8-12(13)15-5-2-6-24-15/h1-7,12-14,22H,8-9H2,(H,21,23)/t12-,13+,14+/m1/s1. The summed E-state index contributed by atoms with van der Waals surface area (Å²) in [6.07, 6.45) is -3.46. The van der Waals surface area contributed by atoms with E-state index in [0.29, 0.717) is 6.42 Å². The third-order valence-corrected chi connectivity index (χ3v) is 4.10. The third-order valence-electron chi connectivity index (χ3n) is 4.10. The molecule has 1 aliphatic rings. The predicted molar refractivity (Wildman–Crippen MR) is 79.0 cm³/mol. The van der Waals surface area contributed by atoms with E-state index in [-0.39, 0.29) is 29.9 Å². The quantitative estimate of drug-likeness (QED) is 0.879. The highest BCUT2D eigenvalue weighted by molar-refractivity contribution is 5.82. The zero-order valence-electron chi connectivity index (χ0n) is 12.6. The Bertz CT molecular complexity index is 712. The summed E-state index contributed by atoms with van der Waals surface area (Å²) in [5.41, 5.74) is -0.714. The maximum Gasteiger partial charge on any atom is 0.416 e. The molecule has 1 saturated carbocycles. The van der Waals surface area contributed by atoms with Gasteiger partial charge >= 0.3 is 6.18 Å². The van der Waals surface area contributed by atoms with Gasteiger partial charge in [-0.05, 0) is 36.2 Å². The van der Waals surface area contributed by atoms with E-state index in [4.69, 9.17) is 4.42 Å².